The predicted molar refractivity (Wildman–Crippen MR) is 85.2 cm³/mol. The Labute approximate surface area is 134 Å². The van der Waals surface area contributed by atoms with Crippen molar-refractivity contribution in [2.24, 2.45) is 5.10 Å². The molecule has 24 heavy (non-hydrogen) atoms. The van der Waals surface area contributed by atoms with Crippen molar-refractivity contribution in [1.82, 2.24) is 9.66 Å². The maximum atomic E-state index is 12.5. The van der Waals surface area contributed by atoms with Gasteiger partial charge in [0.25, 0.3) is 5.56 Å². The Kier molecular flexibility index (Phi) is 3.92. The summed E-state index contributed by atoms with van der Waals surface area (Å²) in [5.74, 6) is 0.391. The first kappa shape index (κ1) is 15.9. The van der Waals surface area contributed by atoms with Gasteiger partial charge in [0.05, 0.1) is 22.7 Å². The van der Waals surface area contributed by atoms with Crippen molar-refractivity contribution < 1.29 is 13.2 Å². The highest BCUT2D eigenvalue weighted by Crippen LogP contribution is 2.28. The summed E-state index contributed by atoms with van der Waals surface area (Å²) in [7, 11) is 0. The number of alkyl halides is 3. The van der Waals surface area contributed by atoms with Crippen LogP contribution < -0.4 is 5.56 Å². The minimum Gasteiger partial charge on any atom is -0.267 e. The van der Waals surface area contributed by atoms with E-state index in [1.165, 1.54) is 18.3 Å². The second-order valence-electron chi connectivity index (χ2n) is 5.16. The smallest absolute Gasteiger partial charge is 0.267 e. The van der Waals surface area contributed by atoms with E-state index < -0.39 is 11.7 Å². The zero-order valence-corrected chi connectivity index (χ0v) is 12.6. The van der Waals surface area contributed by atoms with Gasteiger partial charge in [-0.15, -0.1) is 0 Å². The second-order valence-corrected chi connectivity index (χ2v) is 5.16. The van der Waals surface area contributed by atoms with Gasteiger partial charge in [0.1, 0.15) is 5.82 Å². The van der Waals surface area contributed by atoms with Crippen LogP contribution in [0, 0.1) is 6.92 Å². The summed E-state index contributed by atoms with van der Waals surface area (Å²) in [6.07, 6.45) is -3.06. The topological polar surface area (TPSA) is 47.2 Å². The van der Waals surface area contributed by atoms with Crippen molar-refractivity contribution in [3.63, 3.8) is 0 Å². The van der Waals surface area contributed by atoms with Crippen LogP contribution in [0.25, 0.3) is 10.9 Å². The van der Waals surface area contributed by atoms with Crippen LogP contribution >= 0.6 is 0 Å². The van der Waals surface area contributed by atoms with E-state index >= 15 is 0 Å². The summed E-state index contributed by atoms with van der Waals surface area (Å²) in [6.45, 7) is 1.64. The Bertz CT molecular complexity index is 973. The molecule has 122 valence electrons. The Balaban J connectivity index is 1.98. The summed E-state index contributed by atoms with van der Waals surface area (Å²) in [4.78, 5) is 16.7. The number of aryl methyl sites for hydroxylation is 1. The SMILES string of the molecule is Cc1nc2ccccc2c(=O)n1N=Cc1ccc(C(F)(F)F)cc1. The zero-order valence-electron chi connectivity index (χ0n) is 12.6. The predicted octanol–water partition coefficient (Wildman–Crippen LogP) is 3.61. The average Bonchev–Trinajstić information content (AvgIpc) is 2.54. The molecule has 0 spiro atoms. The number of hydrogen-bond acceptors (Lipinski definition) is 3. The molecule has 0 fully saturated rings. The van der Waals surface area contributed by atoms with E-state index in [4.69, 9.17) is 0 Å². The number of nitrogens with zero attached hydrogens (tertiary/aromatic N) is 3. The van der Waals surface area contributed by atoms with E-state index in [0.717, 1.165) is 16.8 Å². The van der Waals surface area contributed by atoms with Gasteiger partial charge in [0.15, 0.2) is 0 Å². The van der Waals surface area contributed by atoms with Gasteiger partial charge in [-0.05, 0) is 36.8 Å². The van der Waals surface area contributed by atoms with Crippen LogP contribution in [0.15, 0.2) is 58.4 Å². The zero-order chi connectivity index (χ0) is 17.3. The van der Waals surface area contributed by atoms with Crippen molar-refractivity contribution in [1.29, 1.82) is 0 Å². The van der Waals surface area contributed by atoms with Gasteiger partial charge in [-0.25, -0.2) is 4.98 Å². The highest BCUT2D eigenvalue weighted by Gasteiger charge is 2.29. The van der Waals surface area contributed by atoms with E-state index in [1.807, 2.05) is 0 Å². The molecule has 1 aromatic heterocycles. The number of hydrogen-bond donors (Lipinski definition) is 0. The molecule has 0 aliphatic carbocycles. The number of benzene rings is 2. The third-order valence-electron chi connectivity index (χ3n) is 3.48. The van der Waals surface area contributed by atoms with Crippen LogP contribution in [0.5, 0.6) is 0 Å². The lowest BCUT2D eigenvalue weighted by atomic mass is 10.1. The van der Waals surface area contributed by atoms with Gasteiger partial charge in [-0.3, -0.25) is 4.79 Å². The molecular formula is C17H12F3N3O. The van der Waals surface area contributed by atoms with Gasteiger partial charge < -0.3 is 0 Å². The molecule has 3 aromatic rings. The van der Waals surface area contributed by atoms with E-state index in [0.29, 0.717) is 22.3 Å². The number of para-hydroxylation sites is 1. The lowest BCUT2D eigenvalue weighted by molar-refractivity contribution is -0.137. The van der Waals surface area contributed by atoms with Crippen LogP contribution in [0.3, 0.4) is 0 Å². The molecule has 0 radical (unpaired) electrons. The lowest BCUT2D eigenvalue weighted by Gasteiger charge is -2.06. The van der Waals surface area contributed by atoms with Crippen molar-refractivity contribution in [3.05, 3.63) is 75.8 Å². The molecule has 0 bridgehead atoms. The van der Waals surface area contributed by atoms with Crippen molar-refractivity contribution in [2.45, 2.75) is 13.1 Å². The van der Waals surface area contributed by atoms with Crippen LogP contribution in [-0.4, -0.2) is 15.9 Å². The third kappa shape index (κ3) is 3.05. The maximum Gasteiger partial charge on any atom is 0.416 e. The molecule has 4 nitrogen and oxygen atoms in total. The Morgan fingerprint density at radius 1 is 1.08 bits per heavy atom. The van der Waals surface area contributed by atoms with E-state index in [9.17, 15) is 18.0 Å². The minimum absolute atomic E-state index is 0.332. The number of halogens is 3. The summed E-state index contributed by atoms with van der Waals surface area (Å²) < 4.78 is 38.7. The molecule has 0 aliphatic heterocycles. The fraction of sp³-hybridized carbons (Fsp3) is 0.118. The molecule has 0 atom stereocenters. The van der Waals surface area contributed by atoms with Crippen LogP contribution in [0.1, 0.15) is 17.0 Å². The summed E-state index contributed by atoms with van der Waals surface area (Å²) in [5, 5.41) is 4.48. The van der Waals surface area contributed by atoms with E-state index in [1.54, 1.807) is 31.2 Å². The van der Waals surface area contributed by atoms with Gasteiger partial charge in [-0.1, -0.05) is 24.3 Å². The second kappa shape index (κ2) is 5.92. The molecule has 0 aliphatic rings. The van der Waals surface area contributed by atoms with Crippen LogP contribution in [0.4, 0.5) is 13.2 Å². The van der Waals surface area contributed by atoms with Gasteiger partial charge in [0, 0.05) is 0 Å². The maximum absolute atomic E-state index is 12.5. The highest BCUT2D eigenvalue weighted by molar-refractivity contribution is 5.80. The molecule has 3 rings (SSSR count). The molecule has 0 amide bonds. The van der Waals surface area contributed by atoms with Gasteiger partial charge in [-0.2, -0.15) is 22.9 Å². The standard InChI is InChI=1S/C17H12F3N3O/c1-11-22-15-5-3-2-4-14(15)16(24)23(11)21-10-12-6-8-13(9-7-12)17(18,19)20/h2-10H,1H3. The third-order valence-corrected chi connectivity index (χ3v) is 3.48. The largest absolute Gasteiger partial charge is 0.416 e. The normalized spacial score (nSPS) is 12.2. The molecule has 2 aromatic carbocycles. The number of aromatic nitrogens is 2. The van der Waals surface area contributed by atoms with Crippen molar-refractivity contribution in [2.75, 3.05) is 0 Å². The first-order valence-corrected chi connectivity index (χ1v) is 7.06. The Hall–Kier alpha value is -2.96. The Morgan fingerprint density at radius 2 is 1.75 bits per heavy atom. The van der Waals surface area contributed by atoms with Crippen LogP contribution in [0.2, 0.25) is 0 Å². The fourth-order valence-electron chi connectivity index (χ4n) is 2.25. The van der Waals surface area contributed by atoms with Gasteiger partial charge in [0.2, 0.25) is 0 Å². The molecule has 0 saturated heterocycles. The lowest BCUT2D eigenvalue weighted by Crippen LogP contribution is -2.20. The Morgan fingerprint density at radius 3 is 2.42 bits per heavy atom. The molecule has 0 N–H and O–H groups in total. The van der Waals surface area contributed by atoms with E-state index in [-0.39, 0.29) is 5.56 Å². The van der Waals surface area contributed by atoms with Crippen LogP contribution in [-0.2, 0) is 6.18 Å². The monoisotopic (exact) mass is 331 g/mol. The quantitative estimate of drug-likeness (QED) is 0.674. The first-order valence-electron chi connectivity index (χ1n) is 7.06. The average molecular weight is 331 g/mol. The fourth-order valence-corrected chi connectivity index (χ4v) is 2.25. The van der Waals surface area contributed by atoms with Crippen molar-refractivity contribution >= 4 is 17.1 Å². The summed E-state index contributed by atoms with van der Waals surface area (Å²) in [6, 6.07) is 11.4. The molecule has 1 heterocycles. The number of fused-ring (bicyclic) bond motifs is 1. The molecular weight excluding hydrogens is 319 g/mol. The van der Waals surface area contributed by atoms with Gasteiger partial charge >= 0.3 is 6.18 Å². The first-order chi connectivity index (χ1) is 11.4. The molecule has 7 heteroatoms. The number of rotatable bonds is 2. The van der Waals surface area contributed by atoms with Crippen molar-refractivity contribution in [3.8, 4) is 0 Å². The highest BCUT2D eigenvalue weighted by atomic mass is 19.4. The molecule has 0 unspecified atom stereocenters. The summed E-state index contributed by atoms with van der Waals surface area (Å²) >= 11 is 0. The minimum atomic E-state index is -4.38. The summed E-state index contributed by atoms with van der Waals surface area (Å²) in [5.41, 5.74) is -0.0509. The molecule has 0 saturated carbocycles. The van der Waals surface area contributed by atoms with E-state index in [2.05, 4.69) is 10.1 Å².